The smallest absolute Gasteiger partial charge is 0.223 e. The van der Waals surface area contributed by atoms with Crippen molar-refractivity contribution < 1.29 is 4.79 Å². The number of aromatic nitrogens is 2. The molecule has 1 saturated carbocycles. The molecule has 1 unspecified atom stereocenters. The summed E-state index contributed by atoms with van der Waals surface area (Å²) in [4.78, 5) is 12.1. The minimum Gasteiger partial charge on any atom is -0.349 e. The Balaban J connectivity index is 1.87. The molecule has 5 nitrogen and oxygen atoms in total. The largest absolute Gasteiger partial charge is 0.349 e. The molecule has 1 aromatic heterocycles. The molecule has 3 N–H and O–H groups in total. The van der Waals surface area contributed by atoms with Crippen molar-refractivity contribution in [1.82, 2.24) is 15.1 Å². The van der Waals surface area contributed by atoms with E-state index in [1.165, 1.54) is 0 Å². The van der Waals surface area contributed by atoms with Crippen LogP contribution < -0.4 is 11.1 Å². The van der Waals surface area contributed by atoms with Crippen LogP contribution in [0.5, 0.6) is 0 Å². The van der Waals surface area contributed by atoms with Crippen LogP contribution in [0.1, 0.15) is 44.2 Å². The SMILES string of the molecule is CC(NC(=O)C1CCC(N)CC1)c1cnn(C)c1. The Morgan fingerprint density at radius 3 is 2.72 bits per heavy atom. The maximum absolute atomic E-state index is 12.1. The summed E-state index contributed by atoms with van der Waals surface area (Å²) in [5, 5.41) is 7.18. The number of nitrogens with one attached hydrogen (secondary N) is 1. The van der Waals surface area contributed by atoms with Crippen molar-refractivity contribution in [3.8, 4) is 0 Å². The molecule has 0 aromatic carbocycles. The fourth-order valence-corrected chi connectivity index (χ4v) is 2.46. The van der Waals surface area contributed by atoms with Crippen LogP contribution in [-0.2, 0) is 11.8 Å². The molecular weight excluding hydrogens is 228 g/mol. The summed E-state index contributed by atoms with van der Waals surface area (Å²) in [6.45, 7) is 1.99. The van der Waals surface area contributed by atoms with E-state index in [0.29, 0.717) is 0 Å². The van der Waals surface area contributed by atoms with Gasteiger partial charge in [0.05, 0.1) is 12.2 Å². The molecule has 1 aromatic rings. The monoisotopic (exact) mass is 250 g/mol. The van der Waals surface area contributed by atoms with Crippen molar-refractivity contribution in [2.24, 2.45) is 18.7 Å². The zero-order valence-corrected chi connectivity index (χ0v) is 11.1. The number of rotatable bonds is 3. The third-order valence-corrected chi connectivity index (χ3v) is 3.73. The van der Waals surface area contributed by atoms with Gasteiger partial charge < -0.3 is 11.1 Å². The molecule has 100 valence electrons. The lowest BCUT2D eigenvalue weighted by atomic mass is 9.86. The summed E-state index contributed by atoms with van der Waals surface area (Å²) >= 11 is 0. The second-order valence-corrected chi connectivity index (χ2v) is 5.29. The minimum atomic E-state index is 0.0156. The summed E-state index contributed by atoms with van der Waals surface area (Å²) in [6, 6.07) is 0.298. The lowest BCUT2D eigenvalue weighted by Crippen LogP contribution is -2.37. The van der Waals surface area contributed by atoms with Gasteiger partial charge in [-0.2, -0.15) is 5.10 Å². The van der Waals surface area contributed by atoms with Crippen LogP contribution in [-0.4, -0.2) is 21.7 Å². The molecule has 1 fully saturated rings. The third kappa shape index (κ3) is 3.10. The molecule has 5 heteroatoms. The molecule has 0 bridgehead atoms. The van der Waals surface area contributed by atoms with E-state index in [1.807, 2.05) is 20.2 Å². The molecule has 1 aliphatic carbocycles. The van der Waals surface area contributed by atoms with E-state index in [1.54, 1.807) is 10.9 Å². The van der Waals surface area contributed by atoms with Gasteiger partial charge in [0, 0.05) is 30.8 Å². The van der Waals surface area contributed by atoms with E-state index in [-0.39, 0.29) is 23.9 Å². The number of aryl methyl sites for hydroxylation is 1. The van der Waals surface area contributed by atoms with E-state index in [0.717, 1.165) is 31.2 Å². The zero-order chi connectivity index (χ0) is 13.1. The quantitative estimate of drug-likeness (QED) is 0.844. The molecule has 1 amide bonds. The maximum Gasteiger partial charge on any atom is 0.223 e. The third-order valence-electron chi connectivity index (χ3n) is 3.73. The second kappa shape index (κ2) is 5.52. The van der Waals surface area contributed by atoms with Crippen LogP contribution in [0.25, 0.3) is 0 Å². The molecule has 0 spiro atoms. The molecule has 1 aliphatic rings. The van der Waals surface area contributed by atoms with Gasteiger partial charge in [0.15, 0.2) is 0 Å². The van der Waals surface area contributed by atoms with E-state index < -0.39 is 0 Å². The van der Waals surface area contributed by atoms with Gasteiger partial charge in [-0.1, -0.05) is 0 Å². The summed E-state index contributed by atoms with van der Waals surface area (Å²) in [7, 11) is 1.88. The molecule has 1 heterocycles. The highest BCUT2D eigenvalue weighted by molar-refractivity contribution is 5.79. The summed E-state index contributed by atoms with van der Waals surface area (Å²) in [6.07, 6.45) is 7.46. The van der Waals surface area contributed by atoms with Gasteiger partial charge >= 0.3 is 0 Å². The van der Waals surface area contributed by atoms with Crippen LogP contribution >= 0.6 is 0 Å². The van der Waals surface area contributed by atoms with Crippen molar-refractivity contribution in [3.05, 3.63) is 18.0 Å². The minimum absolute atomic E-state index is 0.0156. The average molecular weight is 250 g/mol. The van der Waals surface area contributed by atoms with E-state index >= 15 is 0 Å². The van der Waals surface area contributed by atoms with Crippen molar-refractivity contribution in [1.29, 1.82) is 0 Å². The summed E-state index contributed by atoms with van der Waals surface area (Å²) in [5.74, 6) is 0.280. The molecule has 0 radical (unpaired) electrons. The number of carbonyl (C=O) groups excluding carboxylic acids is 1. The molecule has 0 saturated heterocycles. The molecule has 1 atom stereocenters. The molecule has 2 rings (SSSR count). The number of carbonyl (C=O) groups is 1. The van der Waals surface area contributed by atoms with Crippen molar-refractivity contribution in [3.63, 3.8) is 0 Å². The van der Waals surface area contributed by atoms with Gasteiger partial charge in [0.2, 0.25) is 5.91 Å². The van der Waals surface area contributed by atoms with Gasteiger partial charge in [0.25, 0.3) is 0 Å². The Morgan fingerprint density at radius 1 is 1.50 bits per heavy atom. The standard InChI is InChI=1S/C13H22N4O/c1-9(11-7-15-17(2)8-11)16-13(18)10-3-5-12(14)6-4-10/h7-10,12H,3-6,14H2,1-2H3,(H,16,18). The van der Waals surface area contributed by atoms with E-state index in [2.05, 4.69) is 10.4 Å². The van der Waals surface area contributed by atoms with Crippen molar-refractivity contribution >= 4 is 5.91 Å². The summed E-state index contributed by atoms with van der Waals surface area (Å²) in [5.41, 5.74) is 6.89. The first kappa shape index (κ1) is 13.1. The van der Waals surface area contributed by atoms with Crippen molar-refractivity contribution in [2.45, 2.75) is 44.7 Å². The van der Waals surface area contributed by atoms with Crippen molar-refractivity contribution in [2.75, 3.05) is 0 Å². The van der Waals surface area contributed by atoms with Gasteiger partial charge in [-0.15, -0.1) is 0 Å². The topological polar surface area (TPSA) is 72.9 Å². The first-order chi connectivity index (χ1) is 8.56. The first-order valence-electron chi connectivity index (χ1n) is 6.60. The highest BCUT2D eigenvalue weighted by Gasteiger charge is 2.25. The van der Waals surface area contributed by atoms with Crippen LogP contribution in [0, 0.1) is 5.92 Å². The average Bonchev–Trinajstić information content (AvgIpc) is 2.76. The fourth-order valence-electron chi connectivity index (χ4n) is 2.46. The fraction of sp³-hybridized carbons (Fsp3) is 0.692. The maximum atomic E-state index is 12.1. The predicted octanol–water partition coefficient (Wildman–Crippen LogP) is 1.11. The van der Waals surface area contributed by atoms with E-state index in [4.69, 9.17) is 5.73 Å². The van der Waals surface area contributed by atoms with E-state index in [9.17, 15) is 4.79 Å². The van der Waals surface area contributed by atoms with Crippen LogP contribution in [0.15, 0.2) is 12.4 Å². The lowest BCUT2D eigenvalue weighted by Gasteiger charge is -2.26. The summed E-state index contributed by atoms with van der Waals surface area (Å²) < 4.78 is 1.75. The van der Waals surface area contributed by atoms with Gasteiger partial charge in [-0.3, -0.25) is 9.48 Å². The second-order valence-electron chi connectivity index (χ2n) is 5.29. The lowest BCUT2D eigenvalue weighted by molar-refractivity contribution is -0.126. The van der Waals surface area contributed by atoms with Gasteiger partial charge in [0.1, 0.15) is 0 Å². The highest BCUT2D eigenvalue weighted by Crippen LogP contribution is 2.24. The Hall–Kier alpha value is -1.36. The van der Waals surface area contributed by atoms with Crippen LogP contribution in [0.3, 0.4) is 0 Å². The number of nitrogens with two attached hydrogens (primary N) is 1. The van der Waals surface area contributed by atoms with Crippen LogP contribution in [0.4, 0.5) is 0 Å². The number of amides is 1. The number of nitrogens with zero attached hydrogens (tertiary/aromatic N) is 2. The number of hydrogen-bond donors (Lipinski definition) is 2. The first-order valence-corrected chi connectivity index (χ1v) is 6.60. The van der Waals surface area contributed by atoms with Gasteiger partial charge in [-0.05, 0) is 32.6 Å². The number of hydrogen-bond acceptors (Lipinski definition) is 3. The normalized spacial score (nSPS) is 25.7. The predicted molar refractivity (Wildman–Crippen MR) is 69.7 cm³/mol. The van der Waals surface area contributed by atoms with Crippen LogP contribution in [0.2, 0.25) is 0 Å². The highest BCUT2D eigenvalue weighted by atomic mass is 16.1. The molecule has 18 heavy (non-hydrogen) atoms. The molecular formula is C13H22N4O. The Labute approximate surface area is 108 Å². The Kier molecular flexibility index (Phi) is 4.01. The van der Waals surface area contributed by atoms with Gasteiger partial charge in [-0.25, -0.2) is 0 Å². The Morgan fingerprint density at radius 2 is 2.17 bits per heavy atom. The molecule has 0 aliphatic heterocycles. The zero-order valence-electron chi connectivity index (χ0n) is 11.1. The Bertz CT molecular complexity index is 407.